The Morgan fingerprint density at radius 2 is 1.90 bits per heavy atom. The Labute approximate surface area is 114 Å². The van der Waals surface area contributed by atoms with E-state index in [9.17, 15) is 26.7 Å². The summed E-state index contributed by atoms with van der Waals surface area (Å²) in [6, 6.07) is 3.86. The lowest BCUT2D eigenvalue weighted by atomic mass is 9.98. The van der Waals surface area contributed by atoms with Gasteiger partial charge >= 0.3 is 6.18 Å². The fraction of sp³-hybridized carbons (Fsp3) is 0.500. The normalized spacial score (nSPS) is 25.1. The summed E-state index contributed by atoms with van der Waals surface area (Å²) in [4.78, 5) is 0. The third kappa shape index (κ3) is 2.97. The van der Waals surface area contributed by atoms with Crippen LogP contribution in [0.4, 0.5) is 13.2 Å². The molecule has 0 bridgehead atoms. The second-order valence-electron chi connectivity index (χ2n) is 4.82. The van der Waals surface area contributed by atoms with Crippen molar-refractivity contribution in [1.82, 2.24) is 4.31 Å². The lowest BCUT2D eigenvalue weighted by molar-refractivity contribution is -0.138. The van der Waals surface area contributed by atoms with Gasteiger partial charge in [0.1, 0.15) is 0 Å². The average Bonchev–Trinajstić information content (AvgIpc) is 2.70. The van der Waals surface area contributed by atoms with Crippen molar-refractivity contribution in [3.63, 3.8) is 0 Å². The second-order valence-corrected chi connectivity index (χ2v) is 6.76. The number of aliphatic hydroxyl groups is 1. The van der Waals surface area contributed by atoms with Crippen LogP contribution in [0, 0.1) is 0 Å². The van der Waals surface area contributed by atoms with E-state index < -0.39 is 33.9 Å². The van der Waals surface area contributed by atoms with Gasteiger partial charge in [0, 0.05) is 6.54 Å². The molecular weight excluding hydrogens is 295 g/mol. The number of hydrogen-bond donors (Lipinski definition) is 1. The first-order valence-corrected chi connectivity index (χ1v) is 7.76. The molecule has 4 nitrogen and oxygen atoms in total. The largest absolute Gasteiger partial charge is 0.416 e. The molecular formula is C12H14F3NO3S. The maximum absolute atomic E-state index is 13.0. The molecule has 2 rings (SSSR count). The molecule has 1 fully saturated rings. The molecule has 1 heterocycles. The van der Waals surface area contributed by atoms with Crippen LogP contribution in [0.25, 0.3) is 0 Å². The van der Waals surface area contributed by atoms with Gasteiger partial charge in [0.2, 0.25) is 10.0 Å². The lowest BCUT2D eigenvalue weighted by Crippen LogP contribution is -2.31. The Balaban J connectivity index is 2.51. The summed E-state index contributed by atoms with van der Waals surface area (Å²) in [5, 5.41) is 9.60. The highest BCUT2D eigenvalue weighted by Crippen LogP contribution is 2.41. The van der Waals surface area contributed by atoms with Gasteiger partial charge in [-0.2, -0.15) is 17.5 Å². The van der Waals surface area contributed by atoms with Gasteiger partial charge in [-0.15, -0.1) is 0 Å². The number of rotatable bonds is 2. The summed E-state index contributed by atoms with van der Waals surface area (Å²) >= 11 is 0. The lowest BCUT2D eigenvalue weighted by Gasteiger charge is -2.24. The molecule has 1 N–H and O–H groups in total. The van der Waals surface area contributed by atoms with Crippen molar-refractivity contribution in [2.45, 2.75) is 24.7 Å². The van der Waals surface area contributed by atoms with E-state index in [0.717, 1.165) is 16.6 Å². The molecule has 1 aliphatic heterocycles. The van der Waals surface area contributed by atoms with E-state index in [1.165, 1.54) is 18.2 Å². The van der Waals surface area contributed by atoms with Crippen molar-refractivity contribution >= 4 is 10.0 Å². The van der Waals surface area contributed by atoms with Crippen LogP contribution >= 0.6 is 0 Å². The fourth-order valence-electron chi connectivity index (χ4n) is 2.48. The van der Waals surface area contributed by atoms with Crippen LogP contribution in [0.3, 0.4) is 0 Å². The average molecular weight is 309 g/mol. The predicted molar refractivity (Wildman–Crippen MR) is 66.4 cm³/mol. The van der Waals surface area contributed by atoms with E-state index in [1.54, 1.807) is 0 Å². The van der Waals surface area contributed by atoms with E-state index in [2.05, 4.69) is 0 Å². The van der Waals surface area contributed by atoms with Gasteiger partial charge in [0.25, 0.3) is 0 Å². The smallest absolute Gasteiger partial charge is 0.392 e. The van der Waals surface area contributed by atoms with Gasteiger partial charge in [-0.05, 0) is 18.1 Å². The Morgan fingerprint density at radius 3 is 2.45 bits per heavy atom. The third-order valence-electron chi connectivity index (χ3n) is 3.28. The number of nitrogens with zero attached hydrogens (tertiary/aromatic N) is 1. The molecule has 112 valence electrons. The van der Waals surface area contributed by atoms with E-state index in [4.69, 9.17) is 0 Å². The number of halogens is 3. The van der Waals surface area contributed by atoms with Crippen molar-refractivity contribution in [1.29, 1.82) is 0 Å². The Kier molecular flexibility index (Phi) is 3.83. The molecule has 0 aromatic heterocycles. The Hall–Kier alpha value is -1.12. The molecule has 0 unspecified atom stereocenters. The van der Waals surface area contributed by atoms with Crippen molar-refractivity contribution in [2.24, 2.45) is 0 Å². The van der Waals surface area contributed by atoms with Gasteiger partial charge in [-0.3, -0.25) is 0 Å². The molecule has 8 heteroatoms. The van der Waals surface area contributed by atoms with Crippen LogP contribution in [0.15, 0.2) is 24.3 Å². The number of alkyl halides is 3. The molecule has 0 spiro atoms. The molecule has 0 saturated carbocycles. The van der Waals surface area contributed by atoms with Crippen LogP contribution in [-0.4, -0.2) is 36.7 Å². The van der Waals surface area contributed by atoms with Crippen molar-refractivity contribution in [3.8, 4) is 0 Å². The van der Waals surface area contributed by atoms with Gasteiger partial charge in [0.15, 0.2) is 0 Å². The molecule has 1 aromatic carbocycles. The van der Waals surface area contributed by atoms with E-state index in [-0.39, 0.29) is 18.5 Å². The minimum atomic E-state index is -4.56. The zero-order chi connectivity index (χ0) is 15.1. The maximum atomic E-state index is 13.0. The van der Waals surface area contributed by atoms with Crippen molar-refractivity contribution < 1.29 is 26.7 Å². The van der Waals surface area contributed by atoms with Crippen LogP contribution in [0.5, 0.6) is 0 Å². The number of aliphatic hydroxyl groups excluding tert-OH is 1. The molecule has 2 atom stereocenters. The first-order valence-electron chi connectivity index (χ1n) is 5.91. The van der Waals surface area contributed by atoms with Gasteiger partial charge in [-0.1, -0.05) is 18.2 Å². The van der Waals surface area contributed by atoms with Crippen LogP contribution < -0.4 is 0 Å². The van der Waals surface area contributed by atoms with Crippen LogP contribution in [0.1, 0.15) is 23.6 Å². The summed E-state index contributed by atoms with van der Waals surface area (Å²) in [5.41, 5.74) is -0.991. The number of sulfonamides is 1. The fourth-order valence-corrected chi connectivity index (χ4v) is 3.58. The second kappa shape index (κ2) is 5.01. The highest BCUT2D eigenvalue weighted by Gasteiger charge is 2.42. The van der Waals surface area contributed by atoms with Gasteiger partial charge in [0.05, 0.1) is 24.0 Å². The highest BCUT2D eigenvalue weighted by molar-refractivity contribution is 7.88. The van der Waals surface area contributed by atoms with E-state index in [1.807, 2.05) is 0 Å². The molecule has 20 heavy (non-hydrogen) atoms. The first-order chi connectivity index (χ1) is 9.10. The topological polar surface area (TPSA) is 57.6 Å². The maximum Gasteiger partial charge on any atom is 0.416 e. The Bertz CT molecular complexity index is 600. The minimum Gasteiger partial charge on any atom is -0.392 e. The first kappa shape index (κ1) is 15.3. The third-order valence-corrected chi connectivity index (χ3v) is 4.54. The van der Waals surface area contributed by atoms with E-state index >= 15 is 0 Å². The molecule has 1 aromatic rings. The standard InChI is InChI=1S/C12H14F3NO3S/c1-20(18,19)16-7-8(17)6-11(16)9-4-2-3-5-10(9)12(13,14)15/h2-5,8,11,17H,6-7H2,1H3/t8-,11-/m0/s1. The summed E-state index contributed by atoms with van der Waals surface area (Å²) in [6.45, 7) is -0.185. The van der Waals surface area contributed by atoms with Crippen molar-refractivity contribution in [2.75, 3.05) is 12.8 Å². The van der Waals surface area contributed by atoms with Gasteiger partial charge < -0.3 is 5.11 Å². The summed E-state index contributed by atoms with van der Waals surface area (Å²) in [5.74, 6) is 0. The predicted octanol–water partition coefficient (Wildman–Crippen LogP) is 1.77. The number of hydrogen-bond acceptors (Lipinski definition) is 3. The molecule has 1 aliphatic rings. The Morgan fingerprint density at radius 1 is 1.30 bits per heavy atom. The quantitative estimate of drug-likeness (QED) is 0.906. The molecule has 0 amide bonds. The molecule has 0 aliphatic carbocycles. The molecule has 1 saturated heterocycles. The number of benzene rings is 1. The van der Waals surface area contributed by atoms with Crippen LogP contribution in [-0.2, 0) is 16.2 Å². The van der Waals surface area contributed by atoms with Crippen molar-refractivity contribution in [3.05, 3.63) is 35.4 Å². The highest BCUT2D eigenvalue weighted by atomic mass is 32.2. The van der Waals surface area contributed by atoms with E-state index in [0.29, 0.717) is 0 Å². The minimum absolute atomic E-state index is 0.0415. The van der Waals surface area contributed by atoms with Gasteiger partial charge in [-0.25, -0.2) is 8.42 Å². The zero-order valence-electron chi connectivity index (χ0n) is 10.6. The zero-order valence-corrected chi connectivity index (χ0v) is 11.4. The summed E-state index contributed by atoms with van der Waals surface area (Å²) in [7, 11) is -3.69. The monoisotopic (exact) mass is 309 g/mol. The van der Waals surface area contributed by atoms with Crippen LogP contribution in [0.2, 0.25) is 0 Å². The number of β-amino-alcohol motifs (C(OH)–C–C–N with tert-alkyl or cyclic N) is 1. The molecule has 0 radical (unpaired) electrons. The summed E-state index contributed by atoms with van der Waals surface area (Å²) < 4.78 is 63.2. The summed E-state index contributed by atoms with van der Waals surface area (Å²) in [6.07, 6.45) is -4.64. The SMILES string of the molecule is CS(=O)(=O)N1C[C@@H](O)C[C@H]1c1ccccc1C(F)(F)F.